The van der Waals surface area contributed by atoms with Crippen LogP contribution in [0.2, 0.25) is 0 Å². The van der Waals surface area contributed by atoms with Crippen molar-refractivity contribution in [3.8, 4) is 5.75 Å². The molecule has 3 aromatic rings. The van der Waals surface area contributed by atoms with Gasteiger partial charge in [-0.2, -0.15) is 0 Å². The van der Waals surface area contributed by atoms with Crippen molar-refractivity contribution in [2.75, 3.05) is 13.2 Å². The van der Waals surface area contributed by atoms with Crippen molar-refractivity contribution in [3.63, 3.8) is 0 Å². The lowest BCUT2D eigenvalue weighted by Gasteiger charge is -2.50. The van der Waals surface area contributed by atoms with Gasteiger partial charge in [-0.25, -0.2) is 0 Å². The van der Waals surface area contributed by atoms with E-state index in [1.165, 1.54) is 73.9 Å². The van der Waals surface area contributed by atoms with Crippen molar-refractivity contribution in [1.82, 2.24) is 15.1 Å². The minimum absolute atomic E-state index is 0.0000296. The molecule has 2 aliphatic heterocycles. The highest BCUT2D eigenvalue weighted by Crippen LogP contribution is 2.54. The van der Waals surface area contributed by atoms with E-state index in [0.29, 0.717) is 30.9 Å². The molecule has 2 aromatic carbocycles. The fourth-order valence-electron chi connectivity index (χ4n) is 12.2. The summed E-state index contributed by atoms with van der Waals surface area (Å²) in [6, 6.07) is 16.1. The summed E-state index contributed by atoms with van der Waals surface area (Å²) in [5, 5.41) is 5.35. The summed E-state index contributed by atoms with van der Waals surface area (Å²) in [5.41, 5.74) is 13.3. The van der Waals surface area contributed by atoms with Crippen molar-refractivity contribution >= 4 is 38.5 Å². The molecule has 72 heavy (non-hydrogen) atoms. The minimum atomic E-state index is -0.0398. The summed E-state index contributed by atoms with van der Waals surface area (Å²) in [6.07, 6.45) is 28.7. The number of benzene rings is 2. The van der Waals surface area contributed by atoms with Gasteiger partial charge in [0.15, 0.2) is 0 Å². The van der Waals surface area contributed by atoms with Gasteiger partial charge in [-0.15, -0.1) is 44.2 Å². The Morgan fingerprint density at radius 3 is 2.04 bits per heavy atom. The lowest BCUT2D eigenvalue weighted by atomic mass is 9.36. The predicted molar refractivity (Wildman–Crippen MR) is 317 cm³/mol. The van der Waals surface area contributed by atoms with Crippen LogP contribution in [0.3, 0.4) is 0 Å². The largest absolute Gasteiger partial charge is 0.488 e. The van der Waals surface area contributed by atoms with Crippen LogP contribution in [0.5, 0.6) is 5.75 Å². The summed E-state index contributed by atoms with van der Waals surface area (Å²) in [7, 11) is 0. The van der Waals surface area contributed by atoms with Gasteiger partial charge < -0.3 is 19.9 Å². The van der Waals surface area contributed by atoms with Crippen LogP contribution in [-0.4, -0.2) is 41.7 Å². The number of rotatable bonds is 19. The fourth-order valence-corrected chi connectivity index (χ4v) is 13.5. The molecule has 7 rings (SSSR count). The average molecular weight is 982 g/mol. The van der Waals surface area contributed by atoms with Crippen LogP contribution < -0.4 is 14.8 Å². The van der Waals surface area contributed by atoms with Gasteiger partial charge in [0.1, 0.15) is 12.4 Å². The molecule has 382 valence electrons. The van der Waals surface area contributed by atoms with Gasteiger partial charge in [-0.3, -0.25) is 0 Å². The summed E-state index contributed by atoms with van der Waals surface area (Å²) in [5.74, 6) is 2.02. The first kappa shape index (κ1) is 54.6. The molecule has 0 radical (unpaired) electrons. The number of hydrogen-bond donors (Lipinski definition) is 1. The Bertz CT molecular complexity index is 2690. The van der Waals surface area contributed by atoms with E-state index in [1.54, 1.807) is 0 Å². The molecular weight excluding hydrogens is 894 g/mol. The number of nitrogens with one attached hydrogen (secondary N) is 1. The first-order valence-electron chi connectivity index (χ1n) is 26.9. The molecule has 1 fully saturated rings. The molecule has 4 nitrogen and oxygen atoms in total. The van der Waals surface area contributed by atoms with E-state index in [1.807, 2.05) is 23.5 Å². The Morgan fingerprint density at radius 2 is 1.44 bits per heavy atom. The second-order valence-electron chi connectivity index (χ2n) is 24.4. The molecule has 2 aliphatic carbocycles. The van der Waals surface area contributed by atoms with Gasteiger partial charge in [-0.1, -0.05) is 136 Å². The van der Waals surface area contributed by atoms with E-state index >= 15 is 0 Å². The van der Waals surface area contributed by atoms with Crippen LogP contribution in [0.1, 0.15) is 145 Å². The van der Waals surface area contributed by atoms with Crippen molar-refractivity contribution in [2.24, 2.45) is 28.6 Å². The summed E-state index contributed by atoms with van der Waals surface area (Å²) in [4.78, 5) is 4.96. The molecule has 0 bridgehead atoms. The van der Waals surface area contributed by atoms with Crippen molar-refractivity contribution in [3.05, 3.63) is 187 Å². The van der Waals surface area contributed by atoms with E-state index in [2.05, 4.69) is 229 Å². The van der Waals surface area contributed by atoms with Crippen molar-refractivity contribution in [2.45, 2.75) is 151 Å². The average Bonchev–Trinajstić information content (AvgIpc) is 3.95. The Labute approximate surface area is 441 Å². The number of fused-ring (bicyclic) bond motifs is 3. The van der Waals surface area contributed by atoms with Crippen molar-refractivity contribution in [1.29, 1.82) is 0 Å². The first-order valence-corrected chi connectivity index (χ1v) is 27.7. The number of thiophene rings is 1. The molecule has 4 unspecified atom stereocenters. The fraction of sp³-hybridized carbons (Fsp3) is 0.455. The normalized spacial score (nSPS) is 22.9. The third-order valence-electron chi connectivity index (χ3n) is 17.4. The Kier molecular flexibility index (Phi) is 16.5. The standard InChI is InChI=1S/C66H88BN3OS/c1-19-26-50(21-3)70(51(22-4)27-20-2)46(9)37-59-58(41-68-35-30-54-53(23-5)63(11,12)31-32-64(54,13)14)67(62-39-48-38-55-56(40-61(48)72-62)66(17,18)34-33-65(55,15)16)57(36-45(8)44(6)7)47(10)69(59)42-49-43-71-60-29-25-24-28-52(49)60/h19-25,28-30,35-40,42,44,50-51,53-54,68H,1-5,26-27,31-34,41,43H2,6-18H3/b35-30+,45-36+,46-37+,49-42-. The second kappa shape index (κ2) is 21.7. The van der Waals surface area contributed by atoms with E-state index in [9.17, 15) is 0 Å². The number of hydrogen-bond acceptors (Lipinski definition) is 5. The first-order chi connectivity index (χ1) is 34.0. The molecular formula is C66H88BN3OS. The molecule has 0 spiro atoms. The zero-order valence-electron chi connectivity index (χ0n) is 46.7. The van der Waals surface area contributed by atoms with Crippen LogP contribution in [0.4, 0.5) is 0 Å². The molecule has 4 atom stereocenters. The summed E-state index contributed by atoms with van der Waals surface area (Å²) in [6.45, 7) is 53.7. The van der Waals surface area contributed by atoms with Gasteiger partial charge in [0.2, 0.25) is 0 Å². The number of allylic oxidation sites excluding steroid dienone is 8. The zero-order valence-corrected chi connectivity index (χ0v) is 47.5. The van der Waals surface area contributed by atoms with Crippen LogP contribution in [0.25, 0.3) is 15.7 Å². The molecule has 1 saturated carbocycles. The molecule has 1 aromatic heterocycles. The smallest absolute Gasteiger partial charge is 0.256 e. The molecule has 6 heteroatoms. The molecule has 1 N–H and O–H groups in total. The van der Waals surface area contributed by atoms with E-state index < -0.39 is 0 Å². The van der Waals surface area contributed by atoms with Gasteiger partial charge in [-0.05, 0) is 167 Å². The number of nitrogens with zero attached hydrogens (tertiary/aromatic N) is 2. The Hall–Kier alpha value is -5.20. The summed E-state index contributed by atoms with van der Waals surface area (Å²) >= 11 is 1.98. The molecule has 4 aliphatic rings. The van der Waals surface area contributed by atoms with Crippen molar-refractivity contribution < 1.29 is 4.74 Å². The highest BCUT2D eigenvalue weighted by molar-refractivity contribution is 7.30. The molecule has 0 saturated heterocycles. The topological polar surface area (TPSA) is 27.7 Å². The molecule has 0 amide bonds. The van der Waals surface area contributed by atoms with Gasteiger partial charge in [0.05, 0.1) is 12.1 Å². The molecule has 3 heterocycles. The Balaban J connectivity index is 1.55. The minimum Gasteiger partial charge on any atom is -0.488 e. The maximum Gasteiger partial charge on any atom is 0.256 e. The van der Waals surface area contributed by atoms with Gasteiger partial charge in [0.25, 0.3) is 6.71 Å². The zero-order chi connectivity index (χ0) is 52.5. The van der Waals surface area contributed by atoms with Crippen LogP contribution in [0.15, 0.2) is 170 Å². The lowest BCUT2D eigenvalue weighted by Crippen LogP contribution is -2.44. The Morgan fingerprint density at radius 1 is 0.833 bits per heavy atom. The third-order valence-corrected chi connectivity index (χ3v) is 18.6. The highest BCUT2D eigenvalue weighted by Gasteiger charge is 2.45. The van der Waals surface area contributed by atoms with E-state index in [4.69, 9.17) is 4.74 Å². The maximum absolute atomic E-state index is 6.39. The van der Waals surface area contributed by atoms with Crippen LogP contribution in [-0.2, 0) is 10.8 Å². The quantitative estimate of drug-likeness (QED) is 0.0957. The van der Waals surface area contributed by atoms with Crippen LogP contribution in [0, 0.1) is 28.6 Å². The van der Waals surface area contributed by atoms with E-state index in [-0.39, 0.29) is 40.5 Å². The predicted octanol–water partition coefficient (Wildman–Crippen LogP) is 16.7. The monoisotopic (exact) mass is 982 g/mol. The number of ether oxygens (including phenoxy) is 1. The third kappa shape index (κ3) is 10.9. The lowest BCUT2D eigenvalue weighted by molar-refractivity contribution is 0.0345. The highest BCUT2D eigenvalue weighted by atomic mass is 32.1. The van der Waals surface area contributed by atoms with E-state index in [0.717, 1.165) is 41.1 Å². The number of para-hydroxylation sites is 1. The van der Waals surface area contributed by atoms with Gasteiger partial charge in [0, 0.05) is 45.7 Å². The maximum atomic E-state index is 6.39. The van der Waals surface area contributed by atoms with Gasteiger partial charge >= 0.3 is 0 Å². The second-order valence-corrected chi connectivity index (χ2v) is 25.6. The summed E-state index contributed by atoms with van der Waals surface area (Å²) < 4.78 is 9.11. The SMILES string of the molecule is C=CCC(C=C)N(/C(C)=C/C1=C(CN/C=C/C2C(C=C)C(C)(C)CCC2(C)C)B(c2cc3cc4c(cc3s2)C(C)(C)CCC4(C)C)C(/C=C(\C)C(C)C)=C(C)N1/C=C1/COc2ccccc21)C(C=C)CC=C. The van der Waals surface area contributed by atoms with Crippen LogP contribution >= 0.6 is 11.3 Å².